The summed E-state index contributed by atoms with van der Waals surface area (Å²) in [7, 11) is 0. The van der Waals surface area contributed by atoms with Crippen molar-refractivity contribution in [2.45, 2.75) is 19.2 Å². The number of rotatable bonds is 2. The van der Waals surface area contributed by atoms with Gasteiger partial charge in [-0.3, -0.25) is 0 Å². The molecule has 2 nitrogen and oxygen atoms in total. The van der Waals surface area contributed by atoms with Gasteiger partial charge in [-0.15, -0.1) is 0 Å². The maximum absolute atomic E-state index is 12.4. The van der Waals surface area contributed by atoms with Crippen LogP contribution in [0, 0.1) is 3.57 Å². The van der Waals surface area contributed by atoms with Crippen LogP contribution < -0.4 is 0 Å². The van der Waals surface area contributed by atoms with Crippen LogP contribution in [0.2, 0.25) is 0 Å². The van der Waals surface area contributed by atoms with Crippen molar-refractivity contribution >= 4 is 22.6 Å². The van der Waals surface area contributed by atoms with Crippen molar-refractivity contribution in [3.8, 4) is 0 Å². The molecule has 0 amide bonds. The van der Waals surface area contributed by atoms with Gasteiger partial charge in [-0.25, -0.2) is 13.8 Å². The molecule has 1 N–H and O–H groups in total. The van der Waals surface area contributed by atoms with Crippen LogP contribution in [-0.4, -0.2) is 10.1 Å². The van der Waals surface area contributed by atoms with Gasteiger partial charge in [0.2, 0.25) is 0 Å². The molecule has 1 aromatic heterocycles. The van der Waals surface area contributed by atoms with Crippen molar-refractivity contribution < 1.29 is 27.1 Å². The zero-order valence-corrected chi connectivity index (χ0v) is 9.68. The van der Waals surface area contributed by atoms with E-state index in [4.69, 9.17) is 5.11 Å². The summed E-state index contributed by atoms with van der Waals surface area (Å²) in [6, 6.07) is 0.687. The zero-order valence-electron chi connectivity index (χ0n) is 7.52. The monoisotopic (exact) mass is 353 g/mol. The van der Waals surface area contributed by atoms with Crippen molar-refractivity contribution in [3.05, 3.63) is 26.6 Å². The summed E-state index contributed by atoms with van der Waals surface area (Å²) in [4.78, 5) is 3.02. The van der Waals surface area contributed by atoms with Gasteiger partial charge in [0.05, 0.1) is 12.3 Å². The minimum absolute atomic E-state index is 0.0726. The number of aromatic nitrogens is 1. The number of aliphatic hydroxyl groups is 1. The number of pyridine rings is 1. The van der Waals surface area contributed by atoms with Crippen molar-refractivity contribution in [1.29, 1.82) is 0 Å². The number of aliphatic hydroxyl groups excluding tert-OH is 1. The van der Waals surface area contributed by atoms with Crippen LogP contribution >= 0.6 is 22.6 Å². The molecule has 1 aromatic rings. The van der Waals surface area contributed by atoms with E-state index < -0.39 is 30.5 Å². The summed E-state index contributed by atoms with van der Waals surface area (Å²) >= 11 is 1.54. The van der Waals surface area contributed by atoms with E-state index in [9.17, 15) is 22.0 Å². The minimum atomic E-state index is -4.96. The van der Waals surface area contributed by atoms with Gasteiger partial charge in [0, 0.05) is 9.13 Å². The second kappa shape index (κ2) is 4.78. The molecule has 0 saturated carbocycles. The molecule has 0 aliphatic carbocycles. The second-order valence-corrected chi connectivity index (χ2v) is 3.97. The molecule has 90 valence electrons. The van der Waals surface area contributed by atoms with Crippen molar-refractivity contribution in [3.63, 3.8) is 0 Å². The molecule has 0 radical (unpaired) electrons. The summed E-state index contributed by atoms with van der Waals surface area (Å²) < 4.78 is 61.9. The zero-order chi connectivity index (χ0) is 12.5. The van der Waals surface area contributed by atoms with Crippen LogP contribution in [0.25, 0.3) is 0 Å². The molecule has 0 fully saturated rings. The highest BCUT2D eigenvalue weighted by atomic mass is 127. The van der Waals surface area contributed by atoms with E-state index in [1.165, 1.54) is 0 Å². The predicted molar refractivity (Wildman–Crippen MR) is 52.8 cm³/mol. The number of hydrogen-bond donors (Lipinski definition) is 1. The van der Waals surface area contributed by atoms with Crippen molar-refractivity contribution in [1.82, 2.24) is 4.98 Å². The Morgan fingerprint density at radius 3 is 2.31 bits per heavy atom. The van der Waals surface area contributed by atoms with E-state index in [-0.39, 0.29) is 9.26 Å². The van der Waals surface area contributed by atoms with Crippen LogP contribution in [-0.2, 0) is 12.8 Å². The molecule has 0 atom stereocenters. The van der Waals surface area contributed by atoms with Crippen LogP contribution in [0.5, 0.6) is 0 Å². The number of nitrogens with zero attached hydrogens (tertiary/aromatic N) is 1. The van der Waals surface area contributed by atoms with Gasteiger partial charge in [-0.05, 0) is 28.7 Å². The van der Waals surface area contributed by atoms with Crippen LogP contribution in [0.4, 0.5) is 22.0 Å². The SMILES string of the molecule is OCc1nc(C(F)(F)F)c(C(F)F)cc1I. The van der Waals surface area contributed by atoms with E-state index in [0.717, 1.165) is 0 Å². The molecule has 0 aliphatic heterocycles. The quantitative estimate of drug-likeness (QED) is 0.655. The Morgan fingerprint density at radius 2 is 1.94 bits per heavy atom. The lowest BCUT2D eigenvalue weighted by Crippen LogP contribution is -2.15. The van der Waals surface area contributed by atoms with Gasteiger partial charge >= 0.3 is 6.18 Å². The number of alkyl halides is 5. The van der Waals surface area contributed by atoms with Gasteiger partial charge in [-0.1, -0.05) is 0 Å². The molecule has 1 heterocycles. The first-order chi connectivity index (χ1) is 7.27. The number of hydrogen-bond acceptors (Lipinski definition) is 2. The third-order valence-corrected chi connectivity index (χ3v) is 2.67. The molecule has 0 spiro atoms. The minimum Gasteiger partial charge on any atom is -0.390 e. The molecule has 0 aromatic carbocycles. The Bertz CT molecular complexity index is 393. The summed E-state index contributed by atoms with van der Waals surface area (Å²) in [6.45, 7) is -0.731. The first-order valence-corrected chi connectivity index (χ1v) is 5.00. The second-order valence-electron chi connectivity index (χ2n) is 2.81. The van der Waals surface area contributed by atoms with E-state index in [1.807, 2.05) is 0 Å². The summed E-state index contributed by atoms with van der Waals surface area (Å²) in [6.07, 6.45) is -8.22. The Hall–Kier alpha value is -0.510. The fourth-order valence-electron chi connectivity index (χ4n) is 1.05. The molecule has 0 saturated heterocycles. The molecule has 0 unspecified atom stereocenters. The van der Waals surface area contributed by atoms with E-state index in [1.54, 1.807) is 22.6 Å². The maximum Gasteiger partial charge on any atom is 0.433 e. The third-order valence-electron chi connectivity index (χ3n) is 1.73. The predicted octanol–water partition coefficient (Wildman–Crippen LogP) is 3.13. The van der Waals surface area contributed by atoms with E-state index in [0.29, 0.717) is 6.07 Å². The third kappa shape index (κ3) is 2.78. The van der Waals surface area contributed by atoms with E-state index >= 15 is 0 Å². The average molecular weight is 353 g/mol. The van der Waals surface area contributed by atoms with Crippen LogP contribution in [0.3, 0.4) is 0 Å². The summed E-state index contributed by atoms with van der Waals surface area (Å²) in [5.41, 5.74) is -3.08. The largest absolute Gasteiger partial charge is 0.433 e. The molecule has 0 aliphatic rings. The molecule has 1 rings (SSSR count). The fourth-order valence-corrected chi connectivity index (χ4v) is 1.67. The highest BCUT2D eigenvalue weighted by Crippen LogP contribution is 2.36. The lowest BCUT2D eigenvalue weighted by Gasteiger charge is -2.13. The van der Waals surface area contributed by atoms with Crippen LogP contribution in [0.1, 0.15) is 23.4 Å². The normalized spacial score (nSPS) is 12.2. The Morgan fingerprint density at radius 1 is 1.38 bits per heavy atom. The van der Waals surface area contributed by atoms with E-state index in [2.05, 4.69) is 4.98 Å². The topological polar surface area (TPSA) is 33.1 Å². The summed E-state index contributed by atoms with van der Waals surface area (Å²) in [5.74, 6) is 0. The highest BCUT2D eigenvalue weighted by Gasteiger charge is 2.38. The standard InChI is InChI=1S/C8H5F5INO/c9-7(10)3-1-4(14)5(2-16)15-6(3)8(11,12)13/h1,7,16H,2H2. The lowest BCUT2D eigenvalue weighted by atomic mass is 10.1. The summed E-state index contributed by atoms with van der Waals surface area (Å²) in [5, 5.41) is 8.72. The number of halogens is 6. The van der Waals surface area contributed by atoms with Gasteiger partial charge in [-0.2, -0.15) is 13.2 Å². The fraction of sp³-hybridized carbons (Fsp3) is 0.375. The molecular weight excluding hydrogens is 348 g/mol. The molecular formula is C8H5F5INO. The maximum atomic E-state index is 12.4. The van der Waals surface area contributed by atoms with Gasteiger partial charge in [0.15, 0.2) is 5.69 Å². The first kappa shape index (κ1) is 13.6. The van der Waals surface area contributed by atoms with Gasteiger partial charge in [0.1, 0.15) is 0 Å². The Labute approximate surface area is 101 Å². The van der Waals surface area contributed by atoms with Crippen molar-refractivity contribution in [2.75, 3.05) is 0 Å². The molecule has 16 heavy (non-hydrogen) atoms. The molecule has 8 heteroatoms. The van der Waals surface area contributed by atoms with Crippen molar-refractivity contribution in [2.24, 2.45) is 0 Å². The highest BCUT2D eigenvalue weighted by molar-refractivity contribution is 14.1. The van der Waals surface area contributed by atoms with Gasteiger partial charge < -0.3 is 5.11 Å². The Kier molecular flexibility index (Phi) is 4.05. The first-order valence-electron chi connectivity index (χ1n) is 3.93. The average Bonchev–Trinajstić information content (AvgIpc) is 2.15. The Balaban J connectivity index is 3.43. The lowest BCUT2D eigenvalue weighted by molar-refractivity contribution is -0.143. The van der Waals surface area contributed by atoms with Crippen LogP contribution in [0.15, 0.2) is 6.07 Å². The van der Waals surface area contributed by atoms with Gasteiger partial charge in [0.25, 0.3) is 6.43 Å². The molecule has 0 bridgehead atoms. The smallest absolute Gasteiger partial charge is 0.390 e.